The summed E-state index contributed by atoms with van der Waals surface area (Å²) in [4.78, 5) is 8.58. The van der Waals surface area contributed by atoms with Crippen LogP contribution in [0.3, 0.4) is 0 Å². The Balaban J connectivity index is 2.35. The van der Waals surface area contributed by atoms with Crippen LogP contribution in [-0.4, -0.2) is 16.5 Å². The largest absolute Gasteiger partial charge is 0.330 e. The van der Waals surface area contributed by atoms with Crippen LogP contribution in [0.25, 0.3) is 10.2 Å². The van der Waals surface area contributed by atoms with Crippen LogP contribution in [-0.2, 0) is 0 Å². The predicted molar refractivity (Wildman–Crippen MR) is 59.5 cm³/mol. The summed E-state index contributed by atoms with van der Waals surface area (Å²) in [7, 11) is 0. The summed E-state index contributed by atoms with van der Waals surface area (Å²) in [5.41, 5.74) is 6.52. The maximum Gasteiger partial charge on any atom is 0.0998 e. The molecule has 0 fully saturated rings. The molecule has 0 aliphatic heterocycles. The molecule has 0 aromatic carbocycles. The lowest BCUT2D eigenvalue weighted by atomic mass is 10.1. The van der Waals surface area contributed by atoms with Crippen LogP contribution in [0.2, 0.25) is 0 Å². The van der Waals surface area contributed by atoms with Gasteiger partial charge in [-0.05, 0) is 19.0 Å². The molecule has 2 N–H and O–H groups in total. The summed E-state index contributed by atoms with van der Waals surface area (Å²) in [5.74, 6) is 0.456. The molecule has 74 valence electrons. The fourth-order valence-electron chi connectivity index (χ4n) is 1.38. The van der Waals surface area contributed by atoms with E-state index in [1.54, 1.807) is 17.5 Å². The van der Waals surface area contributed by atoms with Crippen molar-refractivity contribution in [3.05, 3.63) is 23.5 Å². The molecule has 0 amide bonds. The third-order valence-electron chi connectivity index (χ3n) is 2.23. The molecule has 3 nitrogen and oxygen atoms in total. The van der Waals surface area contributed by atoms with E-state index in [0.717, 1.165) is 18.5 Å². The summed E-state index contributed by atoms with van der Waals surface area (Å²) < 4.78 is 1.21. The number of aromatic nitrogens is 2. The lowest BCUT2D eigenvalue weighted by Gasteiger charge is -2.03. The minimum atomic E-state index is 0.456. The average molecular weight is 207 g/mol. The fraction of sp³-hybridized carbons (Fsp3) is 0.400. The second-order valence-electron chi connectivity index (χ2n) is 3.37. The van der Waals surface area contributed by atoms with Crippen molar-refractivity contribution in [2.75, 3.05) is 6.54 Å². The molecule has 2 aromatic rings. The van der Waals surface area contributed by atoms with Crippen molar-refractivity contribution >= 4 is 21.6 Å². The SMILES string of the molecule is CC(CCN)c1nc2cnccc2s1. The molecule has 0 radical (unpaired) electrons. The number of hydrogen-bond acceptors (Lipinski definition) is 4. The highest BCUT2D eigenvalue weighted by atomic mass is 32.1. The van der Waals surface area contributed by atoms with Gasteiger partial charge in [-0.25, -0.2) is 4.98 Å². The summed E-state index contributed by atoms with van der Waals surface area (Å²) in [6, 6.07) is 2.01. The van der Waals surface area contributed by atoms with E-state index in [-0.39, 0.29) is 0 Å². The minimum absolute atomic E-state index is 0.456. The molecule has 14 heavy (non-hydrogen) atoms. The number of hydrogen-bond donors (Lipinski definition) is 1. The van der Waals surface area contributed by atoms with Gasteiger partial charge in [0, 0.05) is 12.1 Å². The number of rotatable bonds is 3. The zero-order valence-corrected chi connectivity index (χ0v) is 8.92. The monoisotopic (exact) mass is 207 g/mol. The number of thiazole rings is 1. The second-order valence-corrected chi connectivity index (χ2v) is 4.44. The van der Waals surface area contributed by atoms with E-state index in [4.69, 9.17) is 5.73 Å². The zero-order valence-electron chi connectivity index (χ0n) is 8.10. The summed E-state index contributed by atoms with van der Waals surface area (Å²) >= 11 is 1.74. The molecule has 1 unspecified atom stereocenters. The van der Waals surface area contributed by atoms with Gasteiger partial charge in [-0.3, -0.25) is 4.98 Å². The number of nitrogens with two attached hydrogens (primary N) is 1. The zero-order chi connectivity index (χ0) is 9.97. The first-order valence-electron chi connectivity index (χ1n) is 4.72. The van der Waals surface area contributed by atoms with Crippen molar-refractivity contribution in [1.29, 1.82) is 0 Å². The molecule has 0 spiro atoms. The summed E-state index contributed by atoms with van der Waals surface area (Å²) in [5, 5.41) is 1.17. The van der Waals surface area contributed by atoms with Gasteiger partial charge in [-0.15, -0.1) is 11.3 Å². The van der Waals surface area contributed by atoms with Crippen LogP contribution >= 0.6 is 11.3 Å². The number of pyridine rings is 1. The van der Waals surface area contributed by atoms with Gasteiger partial charge < -0.3 is 5.73 Å². The first-order chi connectivity index (χ1) is 6.81. The van der Waals surface area contributed by atoms with Crippen molar-refractivity contribution in [3.8, 4) is 0 Å². The smallest absolute Gasteiger partial charge is 0.0998 e. The average Bonchev–Trinajstić information content (AvgIpc) is 2.61. The molecule has 2 rings (SSSR count). The van der Waals surface area contributed by atoms with Gasteiger partial charge in [0.25, 0.3) is 0 Å². The molecular formula is C10H13N3S. The fourth-order valence-corrected chi connectivity index (χ4v) is 2.40. The standard InChI is InChI=1S/C10H13N3S/c1-7(2-4-11)10-13-8-6-12-5-3-9(8)14-10/h3,5-7H,2,4,11H2,1H3. The van der Waals surface area contributed by atoms with E-state index in [2.05, 4.69) is 16.9 Å². The number of nitrogens with zero attached hydrogens (tertiary/aromatic N) is 2. The van der Waals surface area contributed by atoms with Gasteiger partial charge in [-0.1, -0.05) is 6.92 Å². The Labute approximate surface area is 87.0 Å². The van der Waals surface area contributed by atoms with Gasteiger partial charge >= 0.3 is 0 Å². The minimum Gasteiger partial charge on any atom is -0.330 e. The molecule has 2 aromatic heterocycles. The Kier molecular flexibility index (Phi) is 2.74. The van der Waals surface area contributed by atoms with E-state index in [0.29, 0.717) is 5.92 Å². The highest BCUT2D eigenvalue weighted by molar-refractivity contribution is 7.18. The van der Waals surface area contributed by atoms with E-state index >= 15 is 0 Å². The molecule has 0 saturated carbocycles. The highest BCUT2D eigenvalue weighted by Crippen LogP contribution is 2.27. The van der Waals surface area contributed by atoms with Crippen molar-refractivity contribution in [2.45, 2.75) is 19.3 Å². The number of fused-ring (bicyclic) bond motifs is 1. The van der Waals surface area contributed by atoms with Gasteiger partial charge in [-0.2, -0.15) is 0 Å². The first-order valence-corrected chi connectivity index (χ1v) is 5.53. The Bertz CT molecular complexity index is 391. The molecule has 1 atom stereocenters. The van der Waals surface area contributed by atoms with Crippen molar-refractivity contribution in [1.82, 2.24) is 9.97 Å². The van der Waals surface area contributed by atoms with E-state index < -0.39 is 0 Å². The van der Waals surface area contributed by atoms with E-state index in [9.17, 15) is 0 Å². The third kappa shape index (κ3) is 1.76. The maximum absolute atomic E-state index is 5.53. The van der Waals surface area contributed by atoms with Gasteiger partial charge in [0.2, 0.25) is 0 Å². The Hall–Kier alpha value is -1.00. The van der Waals surface area contributed by atoms with Gasteiger partial charge in [0.1, 0.15) is 0 Å². The van der Waals surface area contributed by atoms with Crippen LogP contribution in [0.5, 0.6) is 0 Å². The van der Waals surface area contributed by atoms with E-state index in [1.165, 1.54) is 9.71 Å². The van der Waals surface area contributed by atoms with E-state index in [1.807, 2.05) is 12.3 Å². The lowest BCUT2D eigenvalue weighted by Crippen LogP contribution is -2.03. The van der Waals surface area contributed by atoms with Crippen LogP contribution < -0.4 is 5.73 Å². The van der Waals surface area contributed by atoms with Crippen LogP contribution in [0, 0.1) is 0 Å². The predicted octanol–water partition coefficient (Wildman–Crippen LogP) is 2.14. The lowest BCUT2D eigenvalue weighted by molar-refractivity contribution is 0.687. The van der Waals surface area contributed by atoms with Crippen LogP contribution in [0.4, 0.5) is 0 Å². The topological polar surface area (TPSA) is 51.8 Å². The van der Waals surface area contributed by atoms with Crippen molar-refractivity contribution in [3.63, 3.8) is 0 Å². The Morgan fingerprint density at radius 3 is 3.14 bits per heavy atom. The molecule has 2 heterocycles. The summed E-state index contributed by atoms with van der Waals surface area (Å²) in [6.07, 6.45) is 4.61. The molecule has 0 bridgehead atoms. The molecule has 0 saturated heterocycles. The first kappa shape index (κ1) is 9.55. The summed E-state index contributed by atoms with van der Waals surface area (Å²) in [6.45, 7) is 2.88. The Morgan fingerprint density at radius 1 is 1.57 bits per heavy atom. The van der Waals surface area contributed by atoms with Gasteiger partial charge in [0.15, 0.2) is 0 Å². The van der Waals surface area contributed by atoms with Gasteiger partial charge in [0.05, 0.1) is 21.4 Å². The second kappa shape index (κ2) is 4.02. The van der Waals surface area contributed by atoms with Crippen molar-refractivity contribution in [2.24, 2.45) is 5.73 Å². The quantitative estimate of drug-likeness (QED) is 0.839. The maximum atomic E-state index is 5.53. The normalized spacial score (nSPS) is 13.3. The highest BCUT2D eigenvalue weighted by Gasteiger charge is 2.10. The van der Waals surface area contributed by atoms with Crippen LogP contribution in [0.15, 0.2) is 18.5 Å². The Morgan fingerprint density at radius 2 is 2.43 bits per heavy atom. The molecule has 4 heteroatoms. The van der Waals surface area contributed by atoms with Crippen molar-refractivity contribution < 1.29 is 0 Å². The molecular weight excluding hydrogens is 194 g/mol. The molecule has 0 aliphatic carbocycles. The third-order valence-corrected chi connectivity index (χ3v) is 3.50. The molecule has 0 aliphatic rings. The van der Waals surface area contributed by atoms with Crippen LogP contribution in [0.1, 0.15) is 24.3 Å².